The van der Waals surface area contributed by atoms with E-state index in [1.54, 1.807) is 42.5 Å². The van der Waals surface area contributed by atoms with E-state index in [9.17, 15) is 9.90 Å². The maximum Gasteiger partial charge on any atom is 0.252 e. The van der Waals surface area contributed by atoms with Gasteiger partial charge in [0.25, 0.3) is 5.91 Å². The highest BCUT2D eigenvalue weighted by Crippen LogP contribution is 2.30. The van der Waals surface area contributed by atoms with Gasteiger partial charge in [-0.2, -0.15) is 0 Å². The Morgan fingerprint density at radius 3 is 2.63 bits per heavy atom. The van der Waals surface area contributed by atoms with Crippen LogP contribution in [-0.4, -0.2) is 11.0 Å². The van der Waals surface area contributed by atoms with Crippen molar-refractivity contribution in [3.05, 3.63) is 58.6 Å². The minimum absolute atomic E-state index is 0.189. The number of ether oxygens (including phenoxy) is 1. The summed E-state index contributed by atoms with van der Waals surface area (Å²) in [4.78, 5) is 11.3. The summed E-state index contributed by atoms with van der Waals surface area (Å²) in [5.41, 5.74) is 6.12. The predicted molar refractivity (Wildman–Crippen MR) is 72.4 cm³/mol. The normalized spacial score (nSPS) is 10.2. The lowest BCUT2D eigenvalue weighted by atomic mass is 10.2. The molecule has 0 atom stereocenters. The minimum atomic E-state index is -0.580. The van der Waals surface area contributed by atoms with E-state index in [1.165, 1.54) is 0 Å². The van der Waals surface area contributed by atoms with Crippen LogP contribution >= 0.6 is 11.6 Å². The van der Waals surface area contributed by atoms with Crippen LogP contribution in [0, 0.1) is 0 Å². The summed E-state index contributed by atoms with van der Waals surface area (Å²) in [6.45, 7) is -0.189. The Bertz CT molecular complexity index is 613. The first-order valence-electron chi connectivity index (χ1n) is 5.58. The smallest absolute Gasteiger partial charge is 0.252 e. The number of carbonyl (C=O) groups excluding carboxylic acids is 1. The molecule has 5 heteroatoms. The average molecular weight is 278 g/mol. The zero-order valence-electron chi connectivity index (χ0n) is 9.97. The first-order valence-corrected chi connectivity index (χ1v) is 5.95. The first kappa shape index (κ1) is 13.4. The van der Waals surface area contributed by atoms with Crippen molar-refractivity contribution >= 4 is 17.5 Å². The summed E-state index contributed by atoms with van der Waals surface area (Å²) in [6, 6.07) is 11.5. The van der Waals surface area contributed by atoms with Crippen molar-refractivity contribution in [1.29, 1.82) is 0 Å². The number of hydrogen-bond acceptors (Lipinski definition) is 3. The first-order chi connectivity index (χ1) is 9.11. The van der Waals surface area contributed by atoms with Crippen molar-refractivity contribution in [2.45, 2.75) is 6.61 Å². The summed E-state index contributed by atoms with van der Waals surface area (Å²) < 4.78 is 5.63. The number of hydrogen-bond donors (Lipinski definition) is 2. The van der Waals surface area contributed by atoms with Gasteiger partial charge in [-0.1, -0.05) is 29.8 Å². The van der Waals surface area contributed by atoms with Crippen LogP contribution in [0.5, 0.6) is 11.5 Å². The number of rotatable bonds is 4. The summed E-state index contributed by atoms with van der Waals surface area (Å²) in [7, 11) is 0. The van der Waals surface area contributed by atoms with E-state index in [0.29, 0.717) is 22.1 Å². The number of halogens is 1. The fourth-order valence-corrected chi connectivity index (χ4v) is 1.79. The van der Waals surface area contributed by atoms with Crippen LogP contribution in [0.2, 0.25) is 5.02 Å². The van der Waals surface area contributed by atoms with Gasteiger partial charge in [-0.05, 0) is 24.3 Å². The maximum absolute atomic E-state index is 11.3. The lowest BCUT2D eigenvalue weighted by Gasteiger charge is -2.12. The molecule has 0 saturated carbocycles. The highest BCUT2D eigenvalue weighted by atomic mass is 35.5. The molecule has 98 valence electrons. The third-order valence-corrected chi connectivity index (χ3v) is 2.81. The molecular formula is C14H12ClNO3. The van der Waals surface area contributed by atoms with Crippen LogP contribution in [0.15, 0.2) is 42.5 Å². The Morgan fingerprint density at radius 2 is 1.95 bits per heavy atom. The van der Waals surface area contributed by atoms with Gasteiger partial charge in [0, 0.05) is 10.6 Å². The Morgan fingerprint density at radius 1 is 1.21 bits per heavy atom. The molecule has 2 rings (SSSR count). The molecule has 2 aromatic rings. The van der Waals surface area contributed by atoms with Crippen molar-refractivity contribution in [2.24, 2.45) is 5.73 Å². The van der Waals surface area contributed by atoms with E-state index in [2.05, 4.69) is 0 Å². The highest BCUT2D eigenvalue weighted by molar-refractivity contribution is 6.30. The molecule has 3 N–H and O–H groups in total. The van der Waals surface area contributed by atoms with Gasteiger partial charge < -0.3 is 15.6 Å². The zero-order chi connectivity index (χ0) is 13.8. The molecule has 0 saturated heterocycles. The van der Waals surface area contributed by atoms with E-state index in [0.717, 1.165) is 0 Å². The third-order valence-electron chi connectivity index (χ3n) is 2.57. The molecule has 0 fully saturated rings. The standard InChI is InChI=1S/C14H12ClNO3/c15-10-6-5-9(8-17)13(7-10)19-12-4-2-1-3-11(12)14(16)18/h1-7,17H,8H2,(H2,16,18). The zero-order valence-corrected chi connectivity index (χ0v) is 10.7. The van der Waals surface area contributed by atoms with Gasteiger partial charge in [0.05, 0.1) is 12.2 Å². The van der Waals surface area contributed by atoms with Crippen molar-refractivity contribution in [1.82, 2.24) is 0 Å². The maximum atomic E-state index is 11.3. The lowest BCUT2D eigenvalue weighted by molar-refractivity contribution is 0.0998. The molecule has 0 aromatic heterocycles. The molecule has 4 nitrogen and oxygen atoms in total. The van der Waals surface area contributed by atoms with Crippen LogP contribution in [0.4, 0.5) is 0 Å². The van der Waals surface area contributed by atoms with E-state index in [4.69, 9.17) is 22.1 Å². The molecule has 0 bridgehead atoms. The largest absolute Gasteiger partial charge is 0.456 e. The van der Waals surface area contributed by atoms with Crippen LogP contribution < -0.4 is 10.5 Å². The fraction of sp³-hybridized carbons (Fsp3) is 0.0714. The van der Waals surface area contributed by atoms with Crippen LogP contribution in [-0.2, 0) is 6.61 Å². The average Bonchev–Trinajstić information content (AvgIpc) is 2.39. The van der Waals surface area contributed by atoms with Gasteiger partial charge in [-0.15, -0.1) is 0 Å². The molecule has 0 heterocycles. The van der Waals surface area contributed by atoms with Gasteiger partial charge in [-0.3, -0.25) is 4.79 Å². The van der Waals surface area contributed by atoms with E-state index >= 15 is 0 Å². The van der Waals surface area contributed by atoms with E-state index < -0.39 is 5.91 Å². The number of aliphatic hydroxyl groups is 1. The molecule has 0 aliphatic rings. The summed E-state index contributed by atoms with van der Waals surface area (Å²) >= 11 is 5.89. The molecule has 0 radical (unpaired) electrons. The number of aliphatic hydroxyl groups excluding tert-OH is 1. The van der Waals surface area contributed by atoms with Crippen LogP contribution in [0.1, 0.15) is 15.9 Å². The minimum Gasteiger partial charge on any atom is -0.456 e. The molecule has 19 heavy (non-hydrogen) atoms. The molecule has 0 aliphatic carbocycles. The molecule has 0 unspecified atom stereocenters. The molecular weight excluding hydrogens is 266 g/mol. The summed E-state index contributed by atoms with van der Waals surface area (Å²) in [6.07, 6.45) is 0. The van der Waals surface area contributed by atoms with Gasteiger partial charge >= 0.3 is 0 Å². The second kappa shape index (κ2) is 5.73. The Kier molecular flexibility index (Phi) is 4.04. The van der Waals surface area contributed by atoms with Crippen LogP contribution in [0.3, 0.4) is 0 Å². The number of primary amides is 1. The summed E-state index contributed by atoms with van der Waals surface area (Å²) in [5.74, 6) is 0.138. The lowest BCUT2D eigenvalue weighted by Crippen LogP contribution is -2.12. The van der Waals surface area contributed by atoms with Crippen molar-refractivity contribution < 1.29 is 14.6 Å². The summed E-state index contributed by atoms with van der Waals surface area (Å²) in [5, 5.41) is 9.73. The van der Waals surface area contributed by atoms with Crippen molar-refractivity contribution in [2.75, 3.05) is 0 Å². The second-order valence-electron chi connectivity index (χ2n) is 3.87. The highest BCUT2D eigenvalue weighted by Gasteiger charge is 2.11. The number of amides is 1. The Hall–Kier alpha value is -2.04. The van der Waals surface area contributed by atoms with Crippen molar-refractivity contribution in [3.63, 3.8) is 0 Å². The van der Waals surface area contributed by atoms with Gasteiger partial charge in [-0.25, -0.2) is 0 Å². The number of benzene rings is 2. The number of nitrogens with two attached hydrogens (primary N) is 1. The molecule has 0 aliphatic heterocycles. The monoisotopic (exact) mass is 277 g/mol. The molecule has 0 spiro atoms. The van der Waals surface area contributed by atoms with E-state index in [1.807, 2.05) is 0 Å². The van der Waals surface area contributed by atoms with Gasteiger partial charge in [0.1, 0.15) is 11.5 Å². The number of carbonyl (C=O) groups is 1. The van der Waals surface area contributed by atoms with Gasteiger partial charge in [0.2, 0.25) is 0 Å². The topological polar surface area (TPSA) is 72.6 Å². The van der Waals surface area contributed by atoms with Gasteiger partial charge in [0.15, 0.2) is 0 Å². The quantitative estimate of drug-likeness (QED) is 0.902. The van der Waals surface area contributed by atoms with E-state index in [-0.39, 0.29) is 12.2 Å². The molecule has 2 aromatic carbocycles. The third kappa shape index (κ3) is 3.05. The van der Waals surface area contributed by atoms with Crippen LogP contribution in [0.25, 0.3) is 0 Å². The SMILES string of the molecule is NC(=O)c1ccccc1Oc1cc(Cl)ccc1CO. The fourth-order valence-electron chi connectivity index (χ4n) is 1.63. The Labute approximate surface area is 115 Å². The predicted octanol–water partition coefficient (Wildman–Crippen LogP) is 2.72. The second-order valence-corrected chi connectivity index (χ2v) is 4.31. The molecule has 1 amide bonds. The number of para-hydroxylation sites is 1. The van der Waals surface area contributed by atoms with Crippen molar-refractivity contribution in [3.8, 4) is 11.5 Å². The Balaban J connectivity index is 2.41.